The van der Waals surface area contributed by atoms with Crippen molar-refractivity contribution >= 4 is 17.3 Å². The first-order chi connectivity index (χ1) is 15.5. The molecular weight excluding hydrogens is 408 g/mol. The van der Waals surface area contributed by atoms with Crippen LogP contribution in [-0.4, -0.2) is 37.1 Å². The molecule has 0 aliphatic heterocycles. The summed E-state index contributed by atoms with van der Waals surface area (Å²) in [6, 6.07) is 14.7. The first-order valence-corrected chi connectivity index (χ1v) is 10.8. The molecule has 0 radical (unpaired) electrons. The summed E-state index contributed by atoms with van der Waals surface area (Å²) in [4.78, 5) is 26.1. The molecule has 1 saturated carbocycles. The van der Waals surface area contributed by atoms with Gasteiger partial charge in [0.1, 0.15) is 6.04 Å². The Morgan fingerprint density at radius 2 is 1.84 bits per heavy atom. The second-order valence-corrected chi connectivity index (χ2v) is 7.94. The van der Waals surface area contributed by atoms with Gasteiger partial charge in [-0.1, -0.05) is 31.4 Å². The van der Waals surface area contributed by atoms with Crippen molar-refractivity contribution in [2.45, 2.75) is 44.2 Å². The lowest BCUT2D eigenvalue weighted by molar-refractivity contribution is -0.384. The molecule has 2 aromatic rings. The van der Waals surface area contributed by atoms with Gasteiger partial charge in [0, 0.05) is 37.5 Å². The van der Waals surface area contributed by atoms with Gasteiger partial charge in [-0.25, -0.2) is 0 Å². The highest BCUT2D eigenvalue weighted by molar-refractivity contribution is 5.87. The molecule has 8 heteroatoms. The van der Waals surface area contributed by atoms with E-state index in [-0.39, 0.29) is 17.6 Å². The number of rotatable bonds is 9. The van der Waals surface area contributed by atoms with Gasteiger partial charge in [-0.2, -0.15) is 5.26 Å². The van der Waals surface area contributed by atoms with Crippen molar-refractivity contribution in [3.05, 3.63) is 69.8 Å². The van der Waals surface area contributed by atoms with Crippen LogP contribution in [0.3, 0.4) is 0 Å². The number of nitro groups is 1. The standard InChI is InChI=1S/C24H28N4O4/c1-32-16-15-27(21-11-13-22(14-12-21)28(30)31)23(19-9-7-18(17-25)8-10-19)24(29)26-20-5-3-2-4-6-20/h7-14,20,23H,2-6,15-16H2,1H3,(H,26,29). The zero-order valence-corrected chi connectivity index (χ0v) is 18.2. The maximum Gasteiger partial charge on any atom is 0.269 e. The maximum absolute atomic E-state index is 13.6. The highest BCUT2D eigenvalue weighted by Gasteiger charge is 2.30. The summed E-state index contributed by atoms with van der Waals surface area (Å²) in [5.74, 6) is -0.129. The van der Waals surface area contributed by atoms with E-state index in [1.54, 1.807) is 43.5 Å². The third kappa shape index (κ3) is 5.83. The first-order valence-electron chi connectivity index (χ1n) is 10.8. The third-order valence-electron chi connectivity index (χ3n) is 5.80. The summed E-state index contributed by atoms with van der Waals surface area (Å²) in [6.07, 6.45) is 5.31. The number of hydrogen-bond acceptors (Lipinski definition) is 6. The number of amides is 1. The number of carbonyl (C=O) groups excluding carboxylic acids is 1. The molecule has 168 valence electrons. The lowest BCUT2D eigenvalue weighted by Gasteiger charge is -2.34. The van der Waals surface area contributed by atoms with Crippen molar-refractivity contribution in [1.29, 1.82) is 5.26 Å². The number of non-ortho nitro benzene ring substituents is 1. The number of carbonyl (C=O) groups is 1. The van der Waals surface area contributed by atoms with E-state index in [0.29, 0.717) is 24.4 Å². The van der Waals surface area contributed by atoms with Gasteiger partial charge in [-0.15, -0.1) is 0 Å². The third-order valence-corrected chi connectivity index (χ3v) is 5.80. The predicted octanol–water partition coefficient (Wildman–Crippen LogP) is 4.11. The topological polar surface area (TPSA) is 108 Å². The SMILES string of the molecule is COCCN(c1ccc([N+](=O)[O-])cc1)C(C(=O)NC1CCCCC1)c1ccc(C#N)cc1. The van der Waals surface area contributed by atoms with Gasteiger partial charge in [-0.3, -0.25) is 14.9 Å². The fraction of sp³-hybridized carbons (Fsp3) is 0.417. The zero-order valence-electron chi connectivity index (χ0n) is 18.2. The van der Waals surface area contributed by atoms with Crippen molar-refractivity contribution in [2.24, 2.45) is 0 Å². The molecule has 1 N–H and O–H groups in total. The van der Waals surface area contributed by atoms with Gasteiger partial charge >= 0.3 is 0 Å². The second-order valence-electron chi connectivity index (χ2n) is 7.94. The van der Waals surface area contributed by atoms with E-state index in [9.17, 15) is 14.9 Å². The van der Waals surface area contributed by atoms with Crippen LogP contribution in [-0.2, 0) is 9.53 Å². The van der Waals surface area contributed by atoms with Crippen LogP contribution in [0.1, 0.15) is 49.3 Å². The van der Waals surface area contributed by atoms with Crippen LogP contribution < -0.4 is 10.2 Å². The smallest absolute Gasteiger partial charge is 0.269 e. The lowest BCUT2D eigenvalue weighted by Crippen LogP contribution is -2.46. The quantitative estimate of drug-likeness (QED) is 0.468. The van der Waals surface area contributed by atoms with Crippen molar-refractivity contribution in [3.63, 3.8) is 0 Å². The largest absolute Gasteiger partial charge is 0.383 e. The normalized spacial score (nSPS) is 14.9. The van der Waals surface area contributed by atoms with E-state index in [0.717, 1.165) is 31.2 Å². The summed E-state index contributed by atoms with van der Waals surface area (Å²) in [6.45, 7) is 0.789. The number of anilines is 1. The fourth-order valence-corrected chi connectivity index (χ4v) is 4.10. The molecule has 0 spiro atoms. The molecule has 0 heterocycles. The molecule has 1 aliphatic carbocycles. The van der Waals surface area contributed by atoms with Crippen molar-refractivity contribution < 1.29 is 14.5 Å². The van der Waals surface area contributed by atoms with Crippen LogP contribution in [0.4, 0.5) is 11.4 Å². The van der Waals surface area contributed by atoms with Crippen LogP contribution in [0, 0.1) is 21.4 Å². The highest BCUT2D eigenvalue weighted by atomic mass is 16.6. The van der Waals surface area contributed by atoms with Gasteiger partial charge < -0.3 is 15.0 Å². The minimum Gasteiger partial charge on any atom is -0.383 e. The van der Waals surface area contributed by atoms with Gasteiger partial charge in [0.15, 0.2) is 0 Å². The molecule has 1 atom stereocenters. The Bertz CT molecular complexity index is 947. The van der Waals surface area contributed by atoms with E-state index >= 15 is 0 Å². The molecule has 1 aliphatic rings. The number of nitriles is 1. The number of nitrogens with one attached hydrogen (secondary N) is 1. The van der Waals surface area contributed by atoms with Crippen LogP contribution in [0.15, 0.2) is 48.5 Å². The van der Waals surface area contributed by atoms with Gasteiger partial charge in [0.25, 0.3) is 5.69 Å². The molecule has 1 amide bonds. The van der Waals surface area contributed by atoms with Crippen LogP contribution in [0.25, 0.3) is 0 Å². The van der Waals surface area contributed by atoms with E-state index in [1.165, 1.54) is 18.6 Å². The lowest BCUT2D eigenvalue weighted by atomic mass is 9.94. The van der Waals surface area contributed by atoms with Crippen molar-refractivity contribution in [3.8, 4) is 6.07 Å². The summed E-state index contributed by atoms with van der Waals surface area (Å²) in [5.41, 5.74) is 1.92. The molecule has 2 aromatic carbocycles. The average molecular weight is 437 g/mol. The minimum atomic E-state index is -0.665. The Balaban J connectivity index is 1.97. The number of methoxy groups -OCH3 is 1. The Morgan fingerprint density at radius 1 is 1.19 bits per heavy atom. The predicted molar refractivity (Wildman–Crippen MR) is 121 cm³/mol. The van der Waals surface area contributed by atoms with Crippen molar-refractivity contribution in [2.75, 3.05) is 25.2 Å². The van der Waals surface area contributed by atoms with Crippen molar-refractivity contribution in [1.82, 2.24) is 5.32 Å². The van der Waals surface area contributed by atoms with Crippen LogP contribution >= 0.6 is 0 Å². The van der Waals surface area contributed by atoms with Crippen LogP contribution in [0.5, 0.6) is 0 Å². The van der Waals surface area contributed by atoms with E-state index in [1.807, 2.05) is 4.90 Å². The number of benzene rings is 2. The molecule has 32 heavy (non-hydrogen) atoms. The number of ether oxygens (including phenoxy) is 1. The molecule has 0 saturated heterocycles. The van der Waals surface area contributed by atoms with Gasteiger partial charge in [0.2, 0.25) is 5.91 Å². The molecule has 0 aromatic heterocycles. The van der Waals surface area contributed by atoms with E-state index in [4.69, 9.17) is 10.00 Å². The number of nitro benzene ring substituents is 1. The molecule has 8 nitrogen and oxygen atoms in total. The molecule has 0 bridgehead atoms. The van der Waals surface area contributed by atoms with Crippen LogP contribution in [0.2, 0.25) is 0 Å². The van der Waals surface area contributed by atoms with Gasteiger partial charge in [0.05, 0.1) is 23.2 Å². The second kappa shape index (κ2) is 11.3. The summed E-state index contributed by atoms with van der Waals surface area (Å²) in [5, 5.41) is 23.4. The number of hydrogen-bond donors (Lipinski definition) is 1. The minimum absolute atomic E-state index is 0.0120. The Labute approximate surface area is 187 Å². The summed E-state index contributed by atoms with van der Waals surface area (Å²) < 4.78 is 5.28. The monoisotopic (exact) mass is 436 g/mol. The maximum atomic E-state index is 13.6. The molecule has 1 unspecified atom stereocenters. The summed E-state index contributed by atoms with van der Waals surface area (Å²) >= 11 is 0. The molecular formula is C24H28N4O4. The highest BCUT2D eigenvalue weighted by Crippen LogP contribution is 2.30. The Morgan fingerprint density at radius 3 is 2.41 bits per heavy atom. The van der Waals surface area contributed by atoms with E-state index in [2.05, 4.69) is 11.4 Å². The number of nitrogens with zero attached hydrogens (tertiary/aromatic N) is 3. The summed E-state index contributed by atoms with van der Waals surface area (Å²) in [7, 11) is 1.59. The van der Waals surface area contributed by atoms with Gasteiger partial charge in [-0.05, 0) is 42.7 Å². The Kier molecular flexibility index (Phi) is 8.17. The fourth-order valence-electron chi connectivity index (χ4n) is 4.10. The van der Waals surface area contributed by atoms with E-state index < -0.39 is 11.0 Å². The zero-order chi connectivity index (χ0) is 22.9. The molecule has 1 fully saturated rings. The Hall–Kier alpha value is -3.44. The first kappa shape index (κ1) is 23.2. The molecule has 3 rings (SSSR count). The average Bonchev–Trinajstić information content (AvgIpc) is 2.82.